The fraction of sp³-hybridized carbons (Fsp3) is 0.0526. The monoisotopic (exact) mass is 318 g/mol. The van der Waals surface area contributed by atoms with E-state index in [-0.39, 0.29) is 17.5 Å². The minimum absolute atomic E-state index is 0.0538. The molecule has 1 aromatic heterocycles. The number of benzene rings is 3. The van der Waals surface area contributed by atoms with Gasteiger partial charge in [0, 0.05) is 0 Å². The first-order chi connectivity index (χ1) is 11.7. The molecule has 1 atom stereocenters. The van der Waals surface area contributed by atoms with Gasteiger partial charge in [-0.25, -0.2) is 0 Å². The van der Waals surface area contributed by atoms with Crippen molar-refractivity contribution in [3.63, 3.8) is 0 Å². The van der Waals surface area contributed by atoms with E-state index in [9.17, 15) is 10.2 Å². The van der Waals surface area contributed by atoms with E-state index in [1.165, 1.54) is 0 Å². The largest absolute Gasteiger partial charge is 0.507 e. The summed E-state index contributed by atoms with van der Waals surface area (Å²) < 4.78 is 5.64. The number of aromatic nitrogens is 2. The van der Waals surface area contributed by atoms with Crippen LogP contribution in [0.2, 0.25) is 0 Å². The summed E-state index contributed by atoms with van der Waals surface area (Å²) in [4.78, 5) is 0. The first kappa shape index (κ1) is 14.4. The van der Waals surface area contributed by atoms with Gasteiger partial charge >= 0.3 is 0 Å². The van der Waals surface area contributed by atoms with Crippen molar-refractivity contribution in [1.29, 1.82) is 0 Å². The molecule has 3 aromatic carbocycles. The lowest BCUT2D eigenvalue weighted by Gasteiger charge is -2.06. The molecular formula is C19H14N2O3. The van der Waals surface area contributed by atoms with Crippen molar-refractivity contribution < 1.29 is 14.6 Å². The Hall–Kier alpha value is -3.18. The highest BCUT2D eigenvalue weighted by Gasteiger charge is 2.21. The smallest absolute Gasteiger partial charge is 0.252 e. The van der Waals surface area contributed by atoms with Gasteiger partial charge < -0.3 is 14.6 Å². The summed E-state index contributed by atoms with van der Waals surface area (Å²) in [6, 6.07) is 20.1. The molecule has 1 heterocycles. The van der Waals surface area contributed by atoms with E-state index < -0.39 is 6.10 Å². The minimum atomic E-state index is -1.01. The summed E-state index contributed by atoms with van der Waals surface area (Å²) in [7, 11) is 0. The van der Waals surface area contributed by atoms with Crippen molar-refractivity contribution in [3.8, 4) is 17.2 Å². The highest BCUT2D eigenvalue weighted by molar-refractivity contribution is 5.97. The number of phenols is 1. The van der Waals surface area contributed by atoms with Gasteiger partial charge in [-0.05, 0) is 22.4 Å². The zero-order chi connectivity index (χ0) is 16.5. The Labute approximate surface area is 137 Å². The second-order valence-corrected chi connectivity index (χ2v) is 5.44. The highest BCUT2D eigenvalue weighted by Crippen LogP contribution is 2.36. The fourth-order valence-electron chi connectivity index (χ4n) is 2.71. The van der Waals surface area contributed by atoms with Crippen LogP contribution in [0.15, 0.2) is 71.1 Å². The van der Waals surface area contributed by atoms with Crippen LogP contribution in [0.4, 0.5) is 0 Å². The maximum absolute atomic E-state index is 10.4. The van der Waals surface area contributed by atoms with E-state index >= 15 is 0 Å². The Morgan fingerprint density at radius 1 is 0.833 bits per heavy atom. The number of phenolic OH excluding ortho intramolecular Hbond substituents is 1. The van der Waals surface area contributed by atoms with Crippen LogP contribution in [-0.4, -0.2) is 20.4 Å². The van der Waals surface area contributed by atoms with Gasteiger partial charge in [0.2, 0.25) is 5.89 Å². The number of nitrogens with zero attached hydrogens (tertiary/aromatic N) is 2. The first-order valence-electron chi connectivity index (χ1n) is 7.51. The van der Waals surface area contributed by atoms with Gasteiger partial charge in [0.05, 0.1) is 5.56 Å². The number of hydrogen-bond donors (Lipinski definition) is 2. The van der Waals surface area contributed by atoms with Crippen molar-refractivity contribution in [2.45, 2.75) is 6.10 Å². The second-order valence-electron chi connectivity index (χ2n) is 5.44. The van der Waals surface area contributed by atoms with Gasteiger partial charge in [-0.15, -0.1) is 10.2 Å². The van der Waals surface area contributed by atoms with Crippen LogP contribution in [0.3, 0.4) is 0 Å². The van der Waals surface area contributed by atoms with Crippen molar-refractivity contribution >= 4 is 10.8 Å². The standard InChI is InChI=1S/C19H14N2O3/c22-15-11-10-12-6-4-5-9-14(12)16(15)18-20-21-19(24-18)17(23)13-7-2-1-3-8-13/h1-11,17,22-23H/t17-/m0/s1. The molecule has 5 nitrogen and oxygen atoms in total. The Morgan fingerprint density at radius 3 is 2.42 bits per heavy atom. The average molecular weight is 318 g/mol. The predicted molar refractivity (Wildman–Crippen MR) is 89.4 cm³/mol. The molecule has 0 fully saturated rings. The van der Waals surface area contributed by atoms with Crippen LogP contribution in [0.1, 0.15) is 17.6 Å². The maximum Gasteiger partial charge on any atom is 0.252 e. The quantitative estimate of drug-likeness (QED) is 0.602. The van der Waals surface area contributed by atoms with Gasteiger partial charge in [-0.2, -0.15) is 0 Å². The van der Waals surface area contributed by atoms with E-state index in [1.807, 2.05) is 48.5 Å². The third-order valence-electron chi connectivity index (χ3n) is 3.91. The molecule has 2 N–H and O–H groups in total. The second kappa shape index (κ2) is 5.79. The molecule has 5 heteroatoms. The molecule has 0 amide bonds. The number of hydrogen-bond acceptors (Lipinski definition) is 5. The summed E-state index contributed by atoms with van der Waals surface area (Å²) in [6.07, 6.45) is -1.01. The molecule has 0 saturated carbocycles. The van der Waals surface area contributed by atoms with Gasteiger partial charge in [-0.3, -0.25) is 0 Å². The van der Waals surface area contributed by atoms with Crippen LogP contribution in [0.25, 0.3) is 22.2 Å². The average Bonchev–Trinajstić information content (AvgIpc) is 3.11. The third-order valence-corrected chi connectivity index (χ3v) is 3.91. The molecule has 24 heavy (non-hydrogen) atoms. The number of aliphatic hydroxyl groups excluding tert-OH is 1. The van der Waals surface area contributed by atoms with Crippen LogP contribution >= 0.6 is 0 Å². The number of fused-ring (bicyclic) bond motifs is 1. The molecule has 0 radical (unpaired) electrons. The first-order valence-corrected chi connectivity index (χ1v) is 7.51. The molecule has 0 spiro atoms. The van der Waals surface area contributed by atoms with E-state index in [4.69, 9.17) is 4.42 Å². The zero-order valence-corrected chi connectivity index (χ0v) is 12.6. The summed E-state index contributed by atoms with van der Waals surface area (Å²) in [6.45, 7) is 0. The lowest BCUT2D eigenvalue weighted by Crippen LogP contribution is -1.99. The predicted octanol–water partition coefficient (Wildman–Crippen LogP) is 3.68. The lowest BCUT2D eigenvalue weighted by molar-refractivity contribution is 0.183. The normalized spacial score (nSPS) is 12.4. The maximum atomic E-state index is 10.4. The molecule has 0 bridgehead atoms. The van der Waals surface area contributed by atoms with Crippen molar-refractivity contribution in [3.05, 3.63) is 78.2 Å². The van der Waals surface area contributed by atoms with Crippen LogP contribution in [0, 0.1) is 0 Å². The molecule has 0 unspecified atom stereocenters. The summed E-state index contributed by atoms with van der Waals surface area (Å²) in [5.74, 6) is 0.316. The van der Waals surface area contributed by atoms with Gasteiger partial charge in [-0.1, -0.05) is 60.7 Å². The van der Waals surface area contributed by atoms with Gasteiger partial charge in [0.15, 0.2) is 6.10 Å². The summed E-state index contributed by atoms with van der Waals surface area (Å²) in [5, 5.41) is 30.3. The zero-order valence-electron chi connectivity index (χ0n) is 12.6. The van der Waals surface area contributed by atoms with Crippen LogP contribution < -0.4 is 0 Å². The molecule has 118 valence electrons. The number of aromatic hydroxyl groups is 1. The topological polar surface area (TPSA) is 79.4 Å². The van der Waals surface area contributed by atoms with E-state index in [1.54, 1.807) is 18.2 Å². The Bertz CT molecular complexity index is 996. The van der Waals surface area contributed by atoms with Crippen molar-refractivity contribution in [2.24, 2.45) is 0 Å². The molecule has 0 aliphatic carbocycles. The molecule has 0 aliphatic rings. The van der Waals surface area contributed by atoms with Gasteiger partial charge in [0.25, 0.3) is 5.89 Å². The molecule has 4 rings (SSSR count). The molecule has 4 aromatic rings. The number of aliphatic hydroxyl groups is 1. The number of rotatable bonds is 3. The molecule has 0 aliphatic heterocycles. The highest BCUT2D eigenvalue weighted by atomic mass is 16.4. The SMILES string of the molecule is Oc1ccc2ccccc2c1-c1nnc([C@@H](O)c2ccccc2)o1. The lowest BCUT2D eigenvalue weighted by atomic mass is 10.0. The Balaban J connectivity index is 1.80. The van der Waals surface area contributed by atoms with Crippen LogP contribution in [0.5, 0.6) is 5.75 Å². The van der Waals surface area contributed by atoms with Crippen LogP contribution in [-0.2, 0) is 0 Å². The van der Waals surface area contributed by atoms with E-state index in [0.29, 0.717) is 11.1 Å². The van der Waals surface area contributed by atoms with E-state index in [0.717, 1.165) is 10.8 Å². The van der Waals surface area contributed by atoms with E-state index in [2.05, 4.69) is 10.2 Å². The van der Waals surface area contributed by atoms with Gasteiger partial charge in [0.1, 0.15) is 5.75 Å². The van der Waals surface area contributed by atoms with Crippen molar-refractivity contribution in [1.82, 2.24) is 10.2 Å². The molecule has 0 saturated heterocycles. The summed E-state index contributed by atoms with van der Waals surface area (Å²) in [5.41, 5.74) is 1.13. The fourth-order valence-corrected chi connectivity index (χ4v) is 2.71. The molecular weight excluding hydrogens is 304 g/mol. The summed E-state index contributed by atoms with van der Waals surface area (Å²) >= 11 is 0. The Kier molecular flexibility index (Phi) is 3.48. The third kappa shape index (κ3) is 2.41. The van der Waals surface area contributed by atoms with Crippen molar-refractivity contribution in [2.75, 3.05) is 0 Å². The Morgan fingerprint density at radius 2 is 1.58 bits per heavy atom. The minimum Gasteiger partial charge on any atom is -0.507 e.